The zero-order chi connectivity index (χ0) is 15.4. The fraction of sp³-hybridized carbons (Fsp3) is 0.765. The van der Waals surface area contributed by atoms with Gasteiger partial charge in [-0.15, -0.1) is 0 Å². The maximum Gasteiger partial charge on any atom is 0.120 e. The normalized spacial score (nSPS) is 20.0. The van der Waals surface area contributed by atoms with Gasteiger partial charge < -0.3 is 14.6 Å². The average Bonchev–Trinajstić information content (AvgIpc) is 2.94. The molecule has 1 saturated heterocycles. The van der Waals surface area contributed by atoms with Crippen LogP contribution in [0.2, 0.25) is 0 Å². The van der Waals surface area contributed by atoms with E-state index in [9.17, 15) is 0 Å². The van der Waals surface area contributed by atoms with Crippen molar-refractivity contribution >= 4 is 0 Å². The molecule has 4 heteroatoms. The van der Waals surface area contributed by atoms with Crippen LogP contribution in [-0.4, -0.2) is 49.1 Å². The highest BCUT2D eigenvalue weighted by Gasteiger charge is 2.26. The highest BCUT2D eigenvalue weighted by Crippen LogP contribution is 2.23. The zero-order valence-corrected chi connectivity index (χ0v) is 14.3. The summed E-state index contributed by atoms with van der Waals surface area (Å²) in [6.45, 7) is 10.6. The molecule has 120 valence electrons. The van der Waals surface area contributed by atoms with E-state index in [0.717, 1.165) is 31.2 Å². The number of likely N-dealkylation sites (tertiary alicyclic amines) is 1. The van der Waals surface area contributed by atoms with Gasteiger partial charge in [-0.25, -0.2) is 0 Å². The highest BCUT2D eigenvalue weighted by atomic mass is 16.3. The highest BCUT2D eigenvalue weighted by molar-refractivity contribution is 5.20. The molecule has 1 fully saturated rings. The minimum atomic E-state index is 0.487. The van der Waals surface area contributed by atoms with Crippen molar-refractivity contribution in [2.75, 3.05) is 27.2 Å². The summed E-state index contributed by atoms with van der Waals surface area (Å²) in [5, 5.41) is 3.43. The summed E-state index contributed by atoms with van der Waals surface area (Å²) in [6.07, 6.45) is 2.61. The van der Waals surface area contributed by atoms with Crippen LogP contribution < -0.4 is 5.32 Å². The molecule has 0 spiro atoms. The van der Waals surface area contributed by atoms with E-state index in [1.54, 1.807) is 0 Å². The molecule has 2 rings (SSSR count). The van der Waals surface area contributed by atoms with Gasteiger partial charge in [0.25, 0.3) is 0 Å². The van der Waals surface area contributed by atoms with E-state index in [1.807, 2.05) is 0 Å². The van der Waals surface area contributed by atoms with Gasteiger partial charge in [0.15, 0.2) is 0 Å². The van der Waals surface area contributed by atoms with E-state index in [2.05, 4.69) is 56.0 Å². The van der Waals surface area contributed by atoms with E-state index in [0.29, 0.717) is 12.1 Å². The Morgan fingerprint density at radius 1 is 1.43 bits per heavy atom. The number of aryl methyl sites for hydroxylation is 1. The Bertz CT molecular complexity index is 439. The van der Waals surface area contributed by atoms with Crippen LogP contribution in [0.3, 0.4) is 0 Å². The predicted octanol–water partition coefficient (Wildman–Crippen LogP) is 2.61. The lowest BCUT2D eigenvalue weighted by atomic mass is 10.2. The molecular formula is C17H31N3O. The number of nitrogens with one attached hydrogen (secondary N) is 1. The molecule has 1 atom stereocenters. The van der Waals surface area contributed by atoms with Gasteiger partial charge in [0.1, 0.15) is 11.5 Å². The van der Waals surface area contributed by atoms with Gasteiger partial charge in [0.2, 0.25) is 0 Å². The second-order valence-corrected chi connectivity index (χ2v) is 6.88. The molecule has 0 radical (unpaired) electrons. The van der Waals surface area contributed by atoms with Crippen LogP contribution in [-0.2, 0) is 13.1 Å². The standard InChI is InChI=1S/C17H31N3O/c1-13(2)18-10-17-14(3)9-16(21-17)12-20-8-6-7-15(20)11-19(4)5/h9,13,15,18H,6-8,10-12H2,1-5H3. The van der Waals surface area contributed by atoms with Gasteiger partial charge in [-0.2, -0.15) is 0 Å². The molecule has 0 aliphatic carbocycles. The molecule has 0 aromatic carbocycles. The first-order valence-corrected chi connectivity index (χ1v) is 8.16. The Balaban J connectivity index is 1.94. The third kappa shape index (κ3) is 4.83. The molecule has 1 aromatic heterocycles. The summed E-state index contributed by atoms with van der Waals surface area (Å²) >= 11 is 0. The lowest BCUT2D eigenvalue weighted by Crippen LogP contribution is -2.36. The number of nitrogens with zero attached hydrogens (tertiary/aromatic N) is 2. The first-order chi connectivity index (χ1) is 9.95. The maximum absolute atomic E-state index is 6.06. The molecular weight excluding hydrogens is 262 g/mol. The lowest BCUT2D eigenvalue weighted by molar-refractivity contribution is 0.187. The second kappa shape index (κ2) is 7.43. The second-order valence-electron chi connectivity index (χ2n) is 6.88. The third-order valence-electron chi connectivity index (χ3n) is 4.18. The van der Waals surface area contributed by atoms with Crippen molar-refractivity contribution in [2.24, 2.45) is 0 Å². The average molecular weight is 293 g/mol. The van der Waals surface area contributed by atoms with Crippen molar-refractivity contribution in [3.8, 4) is 0 Å². The number of hydrogen-bond donors (Lipinski definition) is 1. The number of furan rings is 1. The molecule has 0 saturated carbocycles. The van der Waals surface area contributed by atoms with Crippen LogP contribution in [0.1, 0.15) is 43.8 Å². The molecule has 21 heavy (non-hydrogen) atoms. The Labute approximate surface area is 129 Å². The largest absolute Gasteiger partial charge is 0.463 e. The van der Waals surface area contributed by atoms with Crippen molar-refractivity contribution in [1.29, 1.82) is 0 Å². The minimum absolute atomic E-state index is 0.487. The fourth-order valence-corrected chi connectivity index (χ4v) is 3.07. The summed E-state index contributed by atoms with van der Waals surface area (Å²) in [5.74, 6) is 2.20. The predicted molar refractivity (Wildman–Crippen MR) is 87.4 cm³/mol. The Kier molecular flexibility index (Phi) is 5.85. The molecule has 4 nitrogen and oxygen atoms in total. The maximum atomic E-state index is 6.06. The molecule has 1 aliphatic rings. The van der Waals surface area contributed by atoms with Gasteiger partial charge in [0, 0.05) is 18.6 Å². The zero-order valence-electron chi connectivity index (χ0n) is 14.3. The van der Waals surface area contributed by atoms with E-state index >= 15 is 0 Å². The number of hydrogen-bond acceptors (Lipinski definition) is 4. The summed E-state index contributed by atoms with van der Waals surface area (Å²) in [5.41, 5.74) is 1.27. The monoisotopic (exact) mass is 293 g/mol. The quantitative estimate of drug-likeness (QED) is 0.837. The van der Waals surface area contributed by atoms with Gasteiger partial charge >= 0.3 is 0 Å². The summed E-state index contributed by atoms with van der Waals surface area (Å²) in [4.78, 5) is 4.85. The Morgan fingerprint density at radius 3 is 2.86 bits per heavy atom. The Hall–Kier alpha value is -0.840. The van der Waals surface area contributed by atoms with E-state index in [4.69, 9.17) is 4.42 Å². The van der Waals surface area contributed by atoms with Crippen LogP contribution in [0.15, 0.2) is 10.5 Å². The van der Waals surface area contributed by atoms with Crippen LogP contribution >= 0.6 is 0 Å². The van der Waals surface area contributed by atoms with Gasteiger partial charge in [0.05, 0.1) is 13.1 Å². The summed E-state index contributed by atoms with van der Waals surface area (Å²) < 4.78 is 6.06. The van der Waals surface area contributed by atoms with Crippen LogP contribution in [0.5, 0.6) is 0 Å². The topological polar surface area (TPSA) is 31.6 Å². The van der Waals surface area contributed by atoms with Gasteiger partial charge in [-0.3, -0.25) is 4.90 Å². The van der Waals surface area contributed by atoms with E-state index in [-0.39, 0.29) is 0 Å². The summed E-state index contributed by atoms with van der Waals surface area (Å²) in [7, 11) is 4.31. The lowest BCUT2D eigenvalue weighted by Gasteiger charge is -2.26. The van der Waals surface area contributed by atoms with Crippen molar-refractivity contribution in [3.63, 3.8) is 0 Å². The van der Waals surface area contributed by atoms with Crippen molar-refractivity contribution < 1.29 is 4.42 Å². The fourth-order valence-electron chi connectivity index (χ4n) is 3.07. The van der Waals surface area contributed by atoms with Crippen LogP contribution in [0.4, 0.5) is 0 Å². The first-order valence-electron chi connectivity index (χ1n) is 8.16. The first kappa shape index (κ1) is 16.5. The van der Waals surface area contributed by atoms with Crippen molar-refractivity contribution in [1.82, 2.24) is 15.1 Å². The smallest absolute Gasteiger partial charge is 0.120 e. The number of likely N-dealkylation sites (N-methyl/N-ethyl adjacent to an activating group) is 1. The van der Waals surface area contributed by atoms with Gasteiger partial charge in [-0.1, -0.05) is 13.8 Å². The molecule has 1 unspecified atom stereocenters. The van der Waals surface area contributed by atoms with E-state index < -0.39 is 0 Å². The van der Waals surface area contributed by atoms with Crippen molar-refractivity contribution in [3.05, 3.63) is 23.2 Å². The molecule has 1 aromatic rings. The van der Waals surface area contributed by atoms with Crippen LogP contribution in [0.25, 0.3) is 0 Å². The molecule has 0 bridgehead atoms. The SMILES string of the molecule is Cc1cc(CN2CCCC2CN(C)C)oc1CNC(C)C. The number of rotatable bonds is 7. The van der Waals surface area contributed by atoms with E-state index in [1.165, 1.54) is 24.9 Å². The summed E-state index contributed by atoms with van der Waals surface area (Å²) in [6, 6.07) is 3.37. The van der Waals surface area contributed by atoms with Crippen molar-refractivity contribution in [2.45, 2.75) is 58.8 Å². The minimum Gasteiger partial charge on any atom is -0.463 e. The third-order valence-corrected chi connectivity index (χ3v) is 4.18. The van der Waals surface area contributed by atoms with Crippen LogP contribution in [0, 0.1) is 6.92 Å². The molecule has 0 amide bonds. The van der Waals surface area contributed by atoms with Gasteiger partial charge in [-0.05, 0) is 52.0 Å². The Morgan fingerprint density at radius 2 is 2.19 bits per heavy atom. The molecule has 2 heterocycles. The molecule has 1 N–H and O–H groups in total. The molecule has 1 aliphatic heterocycles.